The lowest BCUT2D eigenvalue weighted by Gasteiger charge is -2.13. The van der Waals surface area contributed by atoms with E-state index in [9.17, 15) is 8.78 Å². The number of alkyl halides is 2. The maximum Gasteiger partial charge on any atom is 0.359 e. The smallest absolute Gasteiger partial charge is 0.336 e. The maximum absolute atomic E-state index is 12.4. The molecule has 0 radical (unpaired) electrons. The molecule has 1 aromatic rings. The van der Waals surface area contributed by atoms with Gasteiger partial charge in [-0.25, -0.2) is 0 Å². The Labute approximate surface area is 94.4 Å². The van der Waals surface area contributed by atoms with Gasteiger partial charge in [0.05, 0.1) is 5.92 Å². The van der Waals surface area contributed by atoms with Crippen molar-refractivity contribution in [2.45, 2.75) is 25.9 Å². The Hall–Kier alpha value is -1.22. The van der Waals surface area contributed by atoms with Gasteiger partial charge in [0, 0.05) is 0 Å². The fourth-order valence-electron chi connectivity index (χ4n) is 1.31. The average Bonchev–Trinajstić information content (AvgIpc) is 2.24. The van der Waals surface area contributed by atoms with Crippen molar-refractivity contribution >= 4 is 0 Å². The summed E-state index contributed by atoms with van der Waals surface area (Å²) in [5.74, 6) is -1.14. The molecule has 3 heteroatoms. The second kappa shape index (κ2) is 5.75. The van der Waals surface area contributed by atoms with Gasteiger partial charge in [-0.3, -0.25) is 0 Å². The predicted octanol–water partition coefficient (Wildman–Crippen LogP) is 3.40. The van der Waals surface area contributed by atoms with Gasteiger partial charge in [0.25, 0.3) is 0 Å². The first-order chi connectivity index (χ1) is 7.50. The maximum atomic E-state index is 12.4. The zero-order chi connectivity index (χ0) is 12.0. The van der Waals surface area contributed by atoms with Crippen LogP contribution in [0.25, 0.3) is 0 Å². The first-order valence-corrected chi connectivity index (χ1v) is 5.31. The molecule has 0 aliphatic carbocycles. The van der Waals surface area contributed by atoms with Crippen LogP contribution in [0, 0.1) is 5.92 Å². The molecule has 0 fully saturated rings. The Morgan fingerprint density at radius 3 is 2.50 bits per heavy atom. The highest BCUT2D eigenvalue weighted by Crippen LogP contribution is 2.21. The molecule has 16 heavy (non-hydrogen) atoms. The van der Waals surface area contributed by atoms with Crippen molar-refractivity contribution in [3.8, 4) is 0 Å². The average molecular weight is 226 g/mol. The number of benzene rings is 1. The zero-order valence-corrected chi connectivity index (χ0v) is 9.24. The molecule has 0 spiro atoms. The van der Waals surface area contributed by atoms with Gasteiger partial charge in [0.1, 0.15) is 0 Å². The second-order valence-electron chi connectivity index (χ2n) is 3.83. The highest BCUT2D eigenvalue weighted by molar-refractivity contribution is 5.15. The van der Waals surface area contributed by atoms with Crippen molar-refractivity contribution < 1.29 is 13.9 Å². The van der Waals surface area contributed by atoms with Crippen LogP contribution in [0.5, 0.6) is 0 Å². The lowest BCUT2D eigenvalue weighted by atomic mass is 10.1. The summed E-state index contributed by atoms with van der Waals surface area (Å²) in [6.45, 7) is 1.29. The molecule has 0 saturated heterocycles. The van der Waals surface area contributed by atoms with Crippen LogP contribution in [0.15, 0.2) is 42.5 Å². The van der Waals surface area contributed by atoms with E-state index >= 15 is 0 Å². The molecule has 0 heterocycles. The summed E-state index contributed by atoms with van der Waals surface area (Å²) in [5, 5.41) is 8.42. The molecule has 1 aromatic carbocycles. The fourth-order valence-corrected chi connectivity index (χ4v) is 1.31. The van der Waals surface area contributed by atoms with E-state index in [0.717, 1.165) is 6.42 Å². The van der Waals surface area contributed by atoms with Gasteiger partial charge < -0.3 is 5.11 Å². The lowest BCUT2D eigenvalue weighted by molar-refractivity contribution is -0.222. The topological polar surface area (TPSA) is 20.2 Å². The van der Waals surface area contributed by atoms with E-state index in [2.05, 4.69) is 0 Å². The third kappa shape index (κ3) is 4.53. The Bertz CT molecular complexity index is 328. The molecular formula is C13H16F2O. The molecule has 0 saturated carbocycles. The molecule has 1 nitrogen and oxygen atoms in total. The fraction of sp³-hybridized carbons (Fsp3) is 0.385. The molecule has 0 bridgehead atoms. The van der Waals surface area contributed by atoms with Gasteiger partial charge >= 0.3 is 6.11 Å². The Morgan fingerprint density at radius 1 is 1.31 bits per heavy atom. The van der Waals surface area contributed by atoms with Crippen LogP contribution in [-0.4, -0.2) is 11.2 Å². The molecule has 88 valence electrons. The molecule has 1 atom stereocenters. The van der Waals surface area contributed by atoms with Gasteiger partial charge in [-0.15, -0.1) is 0 Å². The van der Waals surface area contributed by atoms with E-state index in [1.165, 1.54) is 18.6 Å². The van der Waals surface area contributed by atoms with Crippen molar-refractivity contribution in [1.82, 2.24) is 0 Å². The number of rotatable bonds is 5. The highest BCUT2D eigenvalue weighted by atomic mass is 19.3. The molecule has 0 aliphatic rings. The quantitative estimate of drug-likeness (QED) is 0.763. The van der Waals surface area contributed by atoms with E-state index < -0.39 is 12.0 Å². The predicted molar refractivity (Wildman–Crippen MR) is 60.2 cm³/mol. The van der Waals surface area contributed by atoms with Crippen LogP contribution in [0.2, 0.25) is 0 Å². The highest BCUT2D eigenvalue weighted by Gasteiger charge is 2.30. The van der Waals surface area contributed by atoms with E-state index in [4.69, 9.17) is 5.11 Å². The minimum atomic E-state index is -3.62. The Kier molecular flexibility index (Phi) is 4.62. The molecule has 0 aromatic heterocycles. The van der Waals surface area contributed by atoms with Crippen molar-refractivity contribution in [3.05, 3.63) is 48.0 Å². The summed E-state index contributed by atoms with van der Waals surface area (Å²) in [6, 6.07) is 9.83. The number of hydrogen-bond donors (Lipinski definition) is 1. The van der Waals surface area contributed by atoms with Crippen LogP contribution < -0.4 is 0 Å². The standard InChI is InChI=1S/C13H16F2O/c1-11(13(14,15)16)7-5-6-10-12-8-3-2-4-9-12/h2-5,7-9,11,16H,6,10H2,1H3. The van der Waals surface area contributed by atoms with Gasteiger partial charge in [0.15, 0.2) is 0 Å². The number of aryl methyl sites for hydroxylation is 1. The third-order valence-electron chi connectivity index (χ3n) is 2.42. The first kappa shape index (κ1) is 12.8. The summed E-state index contributed by atoms with van der Waals surface area (Å²) in [4.78, 5) is 0. The first-order valence-electron chi connectivity index (χ1n) is 5.31. The minimum absolute atomic E-state index is 0.699. The molecule has 1 unspecified atom stereocenters. The van der Waals surface area contributed by atoms with E-state index in [-0.39, 0.29) is 0 Å². The van der Waals surface area contributed by atoms with Crippen LogP contribution in [0.1, 0.15) is 18.9 Å². The Morgan fingerprint density at radius 2 is 1.94 bits per heavy atom. The van der Waals surface area contributed by atoms with Crippen molar-refractivity contribution in [1.29, 1.82) is 0 Å². The summed E-state index contributed by atoms with van der Waals surface area (Å²) in [7, 11) is 0. The largest absolute Gasteiger partial charge is 0.359 e. The molecule has 0 amide bonds. The molecular weight excluding hydrogens is 210 g/mol. The van der Waals surface area contributed by atoms with Crippen LogP contribution in [-0.2, 0) is 6.42 Å². The van der Waals surface area contributed by atoms with Gasteiger partial charge in [-0.1, -0.05) is 49.4 Å². The van der Waals surface area contributed by atoms with E-state index in [0.29, 0.717) is 6.42 Å². The van der Waals surface area contributed by atoms with Crippen LogP contribution in [0.4, 0.5) is 8.78 Å². The third-order valence-corrected chi connectivity index (χ3v) is 2.42. The summed E-state index contributed by atoms with van der Waals surface area (Å²) in [5.41, 5.74) is 1.18. The lowest BCUT2D eigenvalue weighted by Crippen LogP contribution is -2.23. The SMILES string of the molecule is CC(C=CCCc1ccccc1)C(O)(F)F. The van der Waals surface area contributed by atoms with E-state index in [1.807, 2.05) is 30.3 Å². The van der Waals surface area contributed by atoms with Crippen LogP contribution in [0.3, 0.4) is 0 Å². The summed E-state index contributed by atoms with van der Waals surface area (Å²) >= 11 is 0. The normalized spacial score (nSPS) is 14.2. The number of halogens is 2. The van der Waals surface area contributed by atoms with Crippen molar-refractivity contribution in [2.75, 3.05) is 0 Å². The number of allylic oxidation sites excluding steroid dienone is 1. The summed E-state index contributed by atoms with van der Waals surface area (Å²) in [6.07, 6.45) is 0.930. The van der Waals surface area contributed by atoms with Gasteiger partial charge in [-0.2, -0.15) is 8.78 Å². The zero-order valence-electron chi connectivity index (χ0n) is 9.24. The van der Waals surface area contributed by atoms with E-state index in [1.54, 1.807) is 6.08 Å². The number of aliphatic hydroxyl groups is 1. The van der Waals surface area contributed by atoms with Gasteiger partial charge in [-0.05, 0) is 18.4 Å². The molecule has 1 N–H and O–H groups in total. The second-order valence-corrected chi connectivity index (χ2v) is 3.83. The summed E-state index contributed by atoms with van der Waals surface area (Å²) < 4.78 is 24.7. The van der Waals surface area contributed by atoms with Crippen LogP contribution >= 0.6 is 0 Å². The van der Waals surface area contributed by atoms with Gasteiger partial charge in [0.2, 0.25) is 0 Å². The number of hydrogen-bond acceptors (Lipinski definition) is 1. The van der Waals surface area contributed by atoms with Crippen molar-refractivity contribution in [3.63, 3.8) is 0 Å². The molecule has 1 rings (SSSR count). The molecule has 0 aliphatic heterocycles. The minimum Gasteiger partial charge on any atom is -0.336 e. The van der Waals surface area contributed by atoms with Crippen molar-refractivity contribution in [2.24, 2.45) is 5.92 Å². The Balaban J connectivity index is 2.34. The monoisotopic (exact) mass is 226 g/mol.